The Morgan fingerprint density at radius 1 is 0.697 bits per heavy atom. The molecule has 12 nitrogen and oxygen atoms in total. The average molecular weight is 467 g/mol. The molecule has 3 aliphatic heterocycles. The molecule has 3 rings (SSSR count). The van der Waals surface area contributed by atoms with Crippen LogP contribution in [0.5, 0.6) is 0 Å². The van der Waals surface area contributed by atoms with E-state index in [4.69, 9.17) is 14.2 Å². The molecular weight excluding hydrogens is 438 g/mol. The third-order valence-electron chi connectivity index (χ3n) is 6.13. The van der Waals surface area contributed by atoms with Gasteiger partial charge in [0.25, 0.3) is 0 Å². The van der Waals surface area contributed by atoms with Crippen LogP contribution in [0.25, 0.3) is 0 Å². The Labute approximate surface area is 191 Å². The predicted octanol–water partition coefficient (Wildman–Crippen LogP) is -1.58. The Hall–Kier alpha value is -3.18. The van der Waals surface area contributed by atoms with E-state index in [1.54, 1.807) is 21.1 Å². The topological polar surface area (TPSA) is 140 Å². The van der Waals surface area contributed by atoms with E-state index < -0.39 is 41.8 Å². The summed E-state index contributed by atoms with van der Waals surface area (Å²) in [5, 5.41) is 0. The number of ether oxygens (including phenoxy) is 3. The number of nitrogens with zero attached hydrogens (tertiary/aromatic N) is 3. The minimum absolute atomic E-state index is 0.00860. The molecule has 3 aliphatic rings. The molecule has 3 fully saturated rings. The number of carbonyl (C=O) groups is 6. The maximum absolute atomic E-state index is 12.5. The summed E-state index contributed by atoms with van der Waals surface area (Å²) < 4.78 is 15.9. The van der Waals surface area contributed by atoms with E-state index >= 15 is 0 Å². The van der Waals surface area contributed by atoms with Crippen molar-refractivity contribution in [2.75, 3.05) is 54.0 Å². The molecule has 33 heavy (non-hydrogen) atoms. The fourth-order valence-electron chi connectivity index (χ4n) is 4.03. The first-order chi connectivity index (χ1) is 15.5. The summed E-state index contributed by atoms with van der Waals surface area (Å²) >= 11 is 0. The molecule has 3 heterocycles. The molecule has 0 aromatic rings. The lowest BCUT2D eigenvalue weighted by molar-refractivity contribution is -0.171. The quantitative estimate of drug-likeness (QED) is 0.306. The van der Waals surface area contributed by atoms with E-state index in [-0.39, 0.29) is 69.8 Å². The lowest BCUT2D eigenvalue weighted by Gasteiger charge is -2.21. The molecule has 3 atom stereocenters. The summed E-state index contributed by atoms with van der Waals surface area (Å²) in [5.74, 6) is -4.31. The van der Waals surface area contributed by atoms with Crippen LogP contribution >= 0.6 is 0 Å². The van der Waals surface area contributed by atoms with Crippen molar-refractivity contribution in [3.8, 4) is 0 Å². The van der Waals surface area contributed by atoms with E-state index in [9.17, 15) is 28.8 Å². The zero-order valence-corrected chi connectivity index (χ0v) is 19.0. The maximum atomic E-state index is 12.5. The summed E-state index contributed by atoms with van der Waals surface area (Å²) in [7, 11) is 4.76. The predicted molar refractivity (Wildman–Crippen MR) is 109 cm³/mol. The lowest BCUT2D eigenvalue weighted by atomic mass is 10.1. The van der Waals surface area contributed by atoms with Gasteiger partial charge in [0.15, 0.2) is 6.10 Å². The van der Waals surface area contributed by atoms with E-state index in [1.807, 2.05) is 0 Å². The van der Waals surface area contributed by atoms with E-state index in [2.05, 4.69) is 0 Å². The van der Waals surface area contributed by atoms with Gasteiger partial charge in [-0.15, -0.1) is 0 Å². The number of carbonyl (C=O) groups excluding carboxylic acids is 6. The number of amides is 3. The molecule has 3 amide bonds. The molecule has 12 heteroatoms. The molecule has 0 aliphatic carbocycles. The minimum atomic E-state index is -1.09. The average Bonchev–Trinajstić information content (AvgIpc) is 3.40. The molecular formula is C21H29N3O9. The van der Waals surface area contributed by atoms with Gasteiger partial charge < -0.3 is 28.9 Å². The first kappa shape index (κ1) is 24.5. The van der Waals surface area contributed by atoms with Gasteiger partial charge in [-0.1, -0.05) is 0 Å². The minimum Gasteiger partial charge on any atom is -0.461 e. The highest BCUT2D eigenvalue weighted by Crippen LogP contribution is 2.21. The third-order valence-corrected chi connectivity index (χ3v) is 6.13. The van der Waals surface area contributed by atoms with Crippen molar-refractivity contribution >= 4 is 35.6 Å². The van der Waals surface area contributed by atoms with Gasteiger partial charge >= 0.3 is 17.9 Å². The van der Waals surface area contributed by atoms with Crippen molar-refractivity contribution in [2.45, 2.75) is 25.4 Å². The Morgan fingerprint density at radius 2 is 1.03 bits per heavy atom. The maximum Gasteiger partial charge on any atom is 0.311 e. The van der Waals surface area contributed by atoms with Crippen LogP contribution in [0.4, 0.5) is 0 Å². The van der Waals surface area contributed by atoms with Crippen LogP contribution in [0.1, 0.15) is 19.3 Å². The van der Waals surface area contributed by atoms with Crippen molar-refractivity contribution in [1.29, 1.82) is 0 Å². The van der Waals surface area contributed by atoms with Crippen LogP contribution in [0.3, 0.4) is 0 Å². The Balaban J connectivity index is 1.56. The van der Waals surface area contributed by atoms with Crippen LogP contribution in [0, 0.1) is 17.8 Å². The zero-order chi connectivity index (χ0) is 24.3. The number of hydrogen-bond donors (Lipinski definition) is 0. The Bertz CT molecular complexity index is 799. The molecule has 0 N–H and O–H groups in total. The molecule has 0 radical (unpaired) electrons. The van der Waals surface area contributed by atoms with Crippen molar-refractivity contribution in [3.05, 3.63) is 0 Å². The van der Waals surface area contributed by atoms with E-state index in [1.165, 1.54) is 14.7 Å². The molecule has 0 bridgehead atoms. The second-order valence-electron chi connectivity index (χ2n) is 8.84. The second-order valence-corrected chi connectivity index (χ2v) is 8.84. The highest BCUT2D eigenvalue weighted by molar-refractivity contribution is 5.88. The molecule has 0 aromatic carbocycles. The zero-order valence-electron chi connectivity index (χ0n) is 19.0. The normalized spacial score (nSPS) is 26.1. The largest absolute Gasteiger partial charge is 0.461 e. The van der Waals surface area contributed by atoms with E-state index in [0.717, 1.165) is 0 Å². The Morgan fingerprint density at radius 3 is 1.33 bits per heavy atom. The van der Waals surface area contributed by atoms with Gasteiger partial charge in [-0.2, -0.15) is 0 Å². The smallest absolute Gasteiger partial charge is 0.311 e. The van der Waals surface area contributed by atoms with Crippen LogP contribution in [-0.4, -0.2) is 110 Å². The van der Waals surface area contributed by atoms with Gasteiger partial charge in [-0.3, -0.25) is 28.8 Å². The summed E-state index contributed by atoms with van der Waals surface area (Å²) in [5.41, 5.74) is 0. The van der Waals surface area contributed by atoms with Crippen LogP contribution in [-0.2, 0) is 43.0 Å². The third kappa shape index (κ3) is 5.99. The van der Waals surface area contributed by atoms with Gasteiger partial charge in [-0.25, -0.2) is 0 Å². The van der Waals surface area contributed by atoms with Crippen LogP contribution in [0.15, 0.2) is 0 Å². The summed E-state index contributed by atoms with van der Waals surface area (Å²) in [4.78, 5) is 76.5. The highest BCUT2D eigenvalue weighted by Gasteiger charge is 2.37. The summed E-state index contributed by atoms with van der Waals surface area (Å²) in [6, 6.07) is 0. The summed E-state index contributed by atoms with van der Waals surface area (Å²) in [6.45, 7) is -0.0662. The Kier molecular flexibility index (Phi) is 7.54. The van der Waals surface area contributed by atoms with Crippen molar-refractivity contribution in [3.63, 3.8) is 0 Å². The SMILES string of the molecule is CN1CC(C(=O)OCC(COC(=O)C2CC(=O)N(C)C2)OC(=O)C2CC(=O)N(C)C2)CC1=O. The van der Waals surface area contributed by atoms with Crippen LogP contribution < -0.4 is 0 Å². The fraction of sp³-hybridized carbons (Fsp3) is 0.714. The van der Waals surface area contributed by atoms with Gasteiger partial charge in [0, 0.05) is 60.0 Å². The van der Waals surface area contributed by atoms with Gasteiger partial charge in [0.05, 0.1) is 17.8 Å². The van der Waals surface area contributed by atoms with Gasteiger partial charge in [-0.05, 0) is 0 Å². The molecule has 0 spiro atoms. The fourth-order valence-corrected chi connectivity index (χ4v) is 4.03. The molecule has 182 valence electrons. The van der Waals surface area contributed by atoms with E-state index in [0.29, 0.717) is 0 Å². The number of esters is 3. The second kappa shape index (κ2) is 10.2. The van der Waals surface area contributed by atoms with Gasteiger partial charge in [0.1, 0.15) is 13.2 Å². The molecule has 0 aromatic heterocycles. The monoisotopic (exact) mass is 467 g/mol. The molecule has 0 saturated carbocycles. The van der Waals surface area contributed by atoms with Crippen molar-refractivity contribution in [2.24, 2.45) is 17.8 Å². The number of hydrogen-bond acceptors (Lipinski definition) is 9. The van der Waals surface area contributed by atoms with Crippen LogP contribution in [0.2, 0.25) is 0 Å². The first-order valence-electron chi connectivity index (χ1n) is 10.8. The number of likely N-dealkylation sites (tertiary alicyclic amines) is 3. The number of rotatable bonds is 8. The van der Waals surface area contributed by atoms with Crippen molar-refractivity contribution < 1.29 is 43.0 Å². The summed E-state index contributed by atoms with van der Waals surface area (Å²) in [6.07, 6.45) is -1.01. The first-order valence-corrected chi connectivity index (χ1v) is 10.8. The molecule has 3 saturated heterocycles. The van der Waals surface area contributed by atoms with Crippen molar-refractivity contribution in [1.82, 2.24) is 14.7 Å². The standard InChI is InChI=1S/C21H29N3O9/c1-22-7-12(4-16(22)25)19(28)31-10-15(33-21(30)14-6-18(27)24(3)9-14)11-32-20(29)13-5-17(26)23(2)8-13/h12-15H,4-11H2,1-3H3. The lowest BCUT2D eigenvalue weighted by Crippen LogP contribution is -2.35. The molecule has 3 unspecified atom stereocenters. The highest BCUT2D eigenvalue weighted by atomic mass is 16.6. The van der Waals surface area contributed by atoms with Gasteiger partial charge in [0.2, 0.25) is 17.7 Å².